The molecule has 0 aromatic heterocycles. The number of piperidine rings is 1. The molecule has 0 spiro atoms. The number of halogens is 1. The van der Waals surface area contributed by atoms with Crippen molar-refractivity contribution in [2.75, 3.05) is 6.54 Å². The highest BCUT2D eigenvalue weighted by Gasteiger charge is 2.23. The minimum Gasteiger partial charge on any atom is -0.478 e. The van der Waals surface area contributed by atoms with Crippen molar-refractivity contribution in [1.82, 2.24) is 4.90 Å². The highest BCUT2D eigenvalue weighted by atomic mass is 19.1. The number of carboxylic acids is 1. The second kappa shape index (κ2) is 6.84. The fraction of sp³-hybridized carbons (Fsp3) is 0.562. The summed E-state index contributed by atoms with van der Waals surface area (Å²) in [5.41, 5.74) is 0.263. The molecule has 1 aromatic carbocycles. The van der Waals surface area contributed by atoms with Gasteiger partial charge in [0.05, 0.1) is 5.56 Å². The van der Waals surface area contributed by atoms with Crippen LogP contribution in [0.4, 0.5) is 4.39 Å². The lowest BCUT2D eigenvalue weighted by atomic mass is 9.97. The third kappa shape index (κ3) is 3.37. The van der Waals surface area contributed by atoms with E-state index in [9.17, 15) is 9.18 Å². The first kappa shape index (κ1) is 15.0. The third-order valence-electron chi connectivity index (χ3n) is 4.05. The van der Waals surface area contributed by atoms with Crippen molar-refractivity contribution in [2.45, 2.75) is 51.6 Å². The molecule has 1 aliphatic heterocycles. The molecule has 3 nitrogen and oxygen atoms in total. The molecule has 2 rings (SSSR count). The van der Waals surface area contributed by atoms with E-state index in [2.05, 4.69) is 11.8 Å². The Morgan fingerprint density at radius 2 is 2.25 bits per heavy atom. The Morgan fingerprint density at radius 3 is 2.95 bits per heavy atom. The molecular formula is C16H22FNO2. The normalized spacial score (nSPS) is 20.0. The summed E-state index contributed by atoms with van der Waals surface area (Å²) in [6.45, 7) is 3.65. The molecule has 1 fully saturated rings. The van der Waals surface area contributed by atoms with Crippen molar-refractivity contribution in [3.05, 3.63) is 35.1 Å². The molecule has 0 radical (unpaired) electrons. The summed E-state index contributed by atoms with van der Waals surface area (Å²) in [6, 6.07) is 5.14. The standard InChI is InChI=1S/C16H22FNO2/c1-2-6-13-8-3-4-10-18(13)11-12-7-5-9-14(15(12)17)16(19)20/h5,7,9,13H,2-4,6,8,10-11H2,1H3,(H,19,20). The number of rotatable bonds is 5. The molecule has 1 aliphatic rings. The Labute approximate surface area is 119 Å². The van der Waals surface area contributed by atoms with Gasteiger partial charge < -0.3 is 5.11 Å². The van der Waals surface area contributed by atoms with Crippen LogP contribution in [0.3, 0.4) is 0 Å². The van der Waals surface area contributed by atoms with Crippen LogP contribution in [0.1, 0.15) is 54.9 Å². The quantitative estimate of drug-likeness (QED) is 0.894. The summed E-state index contributed by atoms with van der Waals surface area (Å²) in [6.07, 6.45) is 5.78. The number of benzene rings is 1. The molecule has 1 N–H and O–H groups in total. The summed E-state index contributed by atoms with van der Waals surface area (Å²) in [5.74, 6) is -1.78. The summed E-state index contributed by atoms with van der Waals surface area (Å²) in [7, 11) is 0. The van der Waals surface area contributed by atoms with E-state index in [0.29, 0.717) is 18.2 Å². The second-order valence-corrected chi connectivity index (χ2v) is 5.49. The maximum Gasteiger partial charge on any atom is 0.338 e. The van der Waals surface area contributed by atoms with Crippen LogP contribution in [-0.2, 0) is 6.54 Å². The van der Waals surface area contributed by atoms with Gasteiger partial charge in [0, 0.05) is 18.2 Å². The molecule has 0 aliphatic carbocycles. The van der Waals surface area contributed by atoms with Gasteiger partial charge in [-0.15, -0.1) is 0 Å². The number of carboxylic acid groups (broad SMARTS) is 1. The van der Waals surface area contributed by atoms with E-state index in [1.165, 1.54) is 12.5 Å². The van der Waals surface area contributed by atoms with Crippen LogP contribution >= 0.6 is 0 Å². The zero-order valence-electron chi connectivity index (χ0n) is 11.9. The predicted octanol–water partition coefficient (Wildman–Crippen LogP) is 3.68. The van der Waals surface area contributed by atoms with Crippen molar-refractivity contribution in [1.29, 1.82) is 0 Å². The second-order valence-electron chi connectivity index (χ2n) is 5.49. The number of hydrogen-bond donors (Lipinski definition) is 1. The number of aromatic carboxylic acids is 1. The third-order valence-corrected chi connectivity index (χ3v) is 4.05. The van der Waals surface area contributed by atoms with Crippen LogP contribution in [0.5, 0.6) is 0 Å². The van der Waals surface area contributed by atoms with Gasteiger partial charge in [0.25, 0.3) is 0 Å². The van der Waals surface area contributed by atoms with Gasteiger partial charge in [0.2, 0.25) is 0 Å². The summed E-state index contributed by atoms with van der Waals surface area (Å²) >= 11 is 0. The molecule has 20 heavy (non-hydrogen) atoms. The van der Waals surface area contributed by atoms with Crippen LogP contribution in [0, 0.1) is 5.82 Å². The monoisotopic (exact) mass is 279 g/mol. The Hall–Kier alpha value is -1.42. The van der Waals surface area contributed by atoms with Crippen LogP contribution in [0.2, 0.25) is 0 Å². The first-order chi connectivity index (χ1) is 9.63. The lowest BCUT2D eigenvalue weighted by Crippen LogP contribution is -2.39. The molecule has 0 amide bonds. The van der Waals surface area contributed by atoms with Crippen LogP contribution in [0.15, 0.2) is 18.2 Å². The van der Waals surface area contributed by atoms with Crippen molar-refractivity contribution in [3.63, 3.8) is 0 Å². The summed E-state index contributed by atoms with van der Waals surface area (Å²) in [5, 5.41) is 8.98. The van der Waals surface area contributed by atoms with Gasteiger partial charge in [-0.25, -0.2) is 9.18 Å². The minimum atomic E-state index is -1.20. The summed E-state index contributed by atoms with van der Waals surface area (Å²) in [4.78, 5) is 13.3. The Bertz CT molecular complexity index is 474. The highest BCUT2D eigenvalue weighted by molar-refractivity contribution is 5.88. The van der Waals surface area contributed by atoms with Crippen molar-refractivity contribution >= 4 is 5.97 Å². The average molecular weight is 279 g/mol. The zero-order chi connectivity index (χ0) is 14.5. The van der Waals surface area contributed by atoms with E-state index in [1.54, 1.807) is 12.1 Å². The number of carbonyl (C=O) groups is 1. The number of nitrogens with zero attached hydrogens (tertiary/aromatic N) is 1. The SMILES string of the molecule is CCCC1CCCCN1Cc1cccc(C(=O)O)c1F. The Kier molecular flexibility index (Phi) is 5.12. The Balaban J connectivity index is 2.16. The average Bonchev–Trinajstić information content (AvgIpc) is 2.43. The molecule has 1 aromatic rings. The molecule has 4 heteroatoms. The van der Waals surface area contributed by atoms with Crippen molar-refractivity contribution in [2.24, 2.45) is 0 Å². The van der Waals surface area contributed by atoms with Gasteiger partial charge in [0.15, 0.2) is 0 Å². The molecule has 110 valence electrons. The van der Waals surface area contributed by atoms with Crippen LogP contribution < -0.4 is 0 Å². The van der Waals surface area contributed by atoms with Crippen LogP contribution in [0.25, 0.3) is 0 Å². The van der Waals surface area contributed by atoms with Gasteiger partial charge in [0.1, 0.15) is 5.82 Å². The van der Waals surface area contributed by atoms with Crippen LogP contribution in [-0.4, -0.2) is 28.6 Å². The van der Waals surface area contributed by atoms with Gasteiger partial charge in [-0.3, -0.25) is 4.90 Å². The molecule has 1 heterocycles. The van der Waals surface area contributed by atoms with Gasteiger partial charge in [-0.05, 0) is 31.9 Å². The molecule has 0 bridgehead atoms. The van der Waals surface area contributed by atoms with E-state index < -0.39 is 11.8 Å². The van der Waals surface area contributed by atoms with Gasteiger partial charge >= 0.3 is 5.97 Å². The van der Waals surface area contributed by atoms with E-state index in [4.69, 9.17) is 5.11 Å². The molecule has 1 unspecified atom stereocenters. The first-order valence-electron chi connectivity index (χ1n) is 7.38. The lowest BCUT2D eigenvalue weighted by Gasteiger charge is -2.35. The first-order valence-corrected chi connectivity index (χ1v) is 7.38. The Morgan fingerprint density at radius 1 is 1.45 bits per heavy atom. The van der Waals surface area contributed by atoms with Gasteiger partial charge in [-0.2, -0.15) is 0 Å². The molecule has 1 saturated heterocycles. The predicted molar refractivity (Wildman–Crippen MR) is 76.3 cm³/mol. The fourth-order valence-corrected chi connectivity index (χ4v) is 3.01. The largest absolute Gasteiger partial charge is 0.478 e. The topological polar surface area (TPSA) is 40.5 Å². The molecule has 1 atom stereocenters. The van der Waals surface area contributed by atoms with E-state index in [0.717, 1.165) is 32.2 Å². The number of likely N-dealkylation sites (tertiary alicyclic amines) is 1. The smallest absolute Gasteiger partial charge is 0.338 e. The van der Waals surface area contributed by atoms with E-state index in [-0.39, 0.29) is 5.56 Å². The summed E-state index contributed by atoms with van der Waals surface area (Å²) < 4.78 is 14.2. The van der Waals surface area contributed by atoms with Crippen molar-refractivity contribution in [3.8, 4) is 0 Å². The lowest BCUT2D eigenvalue weighted by molar-refractivity contribution is 0.0691. The van der Waals surface area contributed by atoms with Crippen molar-refractivity contribution < 1.29 is 14.3 Å². The van der Waals surface area contributed by atoms with E-state index in [1.807, 2.05) is 0 Å². The minimum absolute atomic E-state index is 0.230. The van der Waals surface area contributed by atoms with E-state index >= 15 is 0 Å². The maximum atomic E-state index is 14.2. The molecule has 0 saturated carbocycles. The van der Waals surface area contributed by atoms with Gasteiger partial charge in [-0.1, -0.05) is 31.9 Å². The molecular weight excluding hydrogens is 257 g/mol. The highest BCUT2D eigenvalue weighted by Crippen LogP contribution is 2.24. The fourth-order valence-electron chi connectivity index (χ4n) is 3.01. The zero-order valence-corrected chi connectivity index (χ0v) is 11.9. The number of hydrogen-bond acceptors (Lipinski definition) is 2. The maximum absolute atomic E-state index is 14.2.